The van der Waals surface area contributed by atoms with Crippen molar-refractivity contribution in [1.82, 2.24) is 9.88 Å². The van der Waals surface area contributed by atoms with Gasteiger partial charge in [-0.3, -0.25) is 14.7 Å². The van der Waals surface area contributed by atoms with Crippen molar-refractivity contribution in [2.24, 2.45) is 0 Å². The number of hydrogen-bond acceptors (Lipinski definition) is 8. The van der Waals surface area contributed by atoms with Crippen LogP contribution in [-0.4, -0.2) is 53.1 Å². The van der Waals surface area contributed by atoms with Gasteiger partial charge in [0.15, 0.2) is 6.29 Å². The van der Waals surface area contributed by atoms with Crippen molar-refractivity contribution >= 4 is 17.9 Å². The van der Waals surface area contributed by atoms with E-state index in [9.17, 15) is 9.90 Å². The molecule has 1 aliphatic rings. The summed E-state index contributed by atoms with van der Waals surface area (Å²) in [6, 6.07) is 19.9. The first-order valence-electron chi connectivity index (χ1n) is 15.9. The second kappa shape index (κ2) is 15.9. The predicted molar refractivity (Wildman–Crippen MR) is 182 cm³/mol. The van der Waals surface area contributed by atoms with Crippen LogP contribution in [0.3, 0.4) is 0 Å². The number of nitriles is 1. The molecule has 1 N–H and O–H groups in total. The Hall–Kier alpha value is -4.42. The van der Waals surface area contributed by atoms with Gasteiger partial charge in [0.25, 0.3) is 0 Å². The smallest absolute Gasteiger partial charge is 0.153 e. The minimum absolute atomic E-state index is 0.121. The number of benzene rings is 3. The van der Waals surface area contributed by atoms with Gasteiger partial charge < -0.3 is 19.3 Å². The topological polar surface area (TPSA) is 105 Å². The maximum absolute atomic E-state index is 11.8. The molecule has 4 aromatic rings. The third kappa shape index (κ3) is 8.12. The Morgan fingerprint density at radius 2 is 1.74 bits per heavy atom. The van der Waals surface area contributed by atoms with Gasteiger partial charge in [-0.25, -0.2) is 0 Å². The van der Waals surface area contributed by atoms with Crippen molar-refractivity contribution in [3.05, 3.63) is 105 Å². The van der Waals surface area contributed by atoms with E-state index in [1.807, 2.05) is 24.3 Å². The van der Waals surface area contributed by atoms with Gasteiger partial charge in [0.1, 0.15) is 36.5 Å². The molecule has 0 bridgehead atoms. The number of carbonyl (C=O) groups excluding carboxylic acids is 1. The normalized spacial score (nSPS) is 16.1. The molecule has 0 aliphatic carbocycles. The molecule has 2 unspecified atom stereocenters. The molecule has 8 nitrogen and oxygen atoms in total. The van der Waals surface area contributed by atoms with Crippen molar-refractivity contribution in [1.29, 1.82) is 5.26 Å². The second-order valence-corrected chi connectivity index (χ2v) is 12.3. The number of aliphatic hydroxyl groups excluding tert-OH is 1. The first kappa shape index (κ1) is 33.9. The number of halogens is 1. The second-order valence-electron chi connectivity index (χ2n) is 11.9. The highest BCUT2D eigenvalue weighted by molar-refractivity contribution is 6.32. The van der Waals surface area contributed by atoms with Crippen LogP contribution in [0.25, 0.3) is 11.1 Å². The van der Waals surface area contributed by atoms with E-state index in [2.05, 4.69) is 48.9 Å². The molecule has 1 aliphatic heterocycles. The number of likely N-dealkylation sites (tertiary alicyclic amines) is 1. The average Bonchev–Trinajstić information content (AvgIpc) is 3.45. The summed E-state index contributed by atoms with van der Waals surface area (Å²) in [4.78, 5) is 18.2. The molecule has 0 radical (unpaired) electrons. The number of aliphatic hydroxyl groups is 1. The molecular weight excluding hydrogens is 614 g/mol. The Morgan fingerprint density at radius 1 is 0.979 bits per heavy atom. The van der Waals surface area contributed by atoms with Gasteiger partial charge in [-0.1, -0.05) is 41.9 Å². The Kier molecular flexibility index (Phi) is 11.5. The van der Waals surface area contributed by atoms with E-state index >= 15 is 0 Å². The zero-order chi connectivity index (χ0) is 33.3. The third-order valence-corrected chi connectivity index (χ3v) is 9.19. The predicted octanol–water partition coefficient (Wildman–Crippen LogP) is 7.48. The summed E-state index contributed by atoms with van der Waals surface area (Å²) in [6.07, 6.45) is 6.84. The summed E-state index contributed by atoms with van der Waals surface area (Å²) in [5, 5.41) is 19.1. The lowest BCUT2D eigenvalue weighted by molar-refractivity contribution is 0.111. The van der Waals surface area contributed by atoms with E-state index in [1.165, 1.54) is 12.3 Å². The molecular formula is C38H40ClN3O5. The molecule has 9 heteroatoms. The Labute approximate surface area is 281 Å². The van der Waals surface area contributed by atoms with E-state index in [1.54, 1.807) is 18.3 Å². The first-order chi connectivity index (χ1) is 22.8. The summed E-state index contributed by atoms with van der Waals surface area (Å²) < 4.78 is 18.4. The highest BCUT2D eigenvalue weighted by Gasteiger charge is 2.29. The summed E-state index contributed by atoms with van der Waals surface area (Å²) in [5.41, 5.74) is 6.73. The number of nitrogens with zero attached hydrogens (tertiary/aromatic N) is 3. The van der Waals surface area contributed by atoms with Gasteiger partial charge in [0.05, 0.1) is 29.4 Å². The quantitative estimate of drug-likeness (QED) is 0.110. The van der Waals surface area contributed by atoms with Crippen LogP contribution in [0.15, 0.2) is 67.0 Å². The summed E-state index contributed by atoms with van der Waals surface area (Å²) in [6.45, 7) is 8.50. The lowest BCUT2D eigenvalue weighted by Crippen LogP contribution is -2.37. The molecule has 1 aromatic heterocycles. The van der Waals surface area contributed by atoms with Crippen LogP contribution in [0.1, 0.15) is 64.4 Å². The maximum atomic E-state index is 11.8. The zero-order valence-corrected chi connectivity index (χ0v) is 27.8. The molecule has 0 spiro atoms. The molecule has 3 aromatic carbocycles. The molecule has 2 heterocycles. The van der Waals surface area contributed by atoms with Crippen LogP contribution in [0, 0.1) is 25.2 Å². The van der Waals surface area contributed by atoms with E-state index < -0.39 is 0 Å². The van der Waals surface area contributed by atoms with E-state index in [0.29, 0.717) is 52.1 Å². The van der Waals surface area contributed by atoms with Crippen molar-refractivity contribution < 1.29 is 24.1 Å². The largest absolute Gasteiger partial charge is 0.493 e. The number of pyridine rings is 1. The minimum atomic E-state index is 0.121. The number of hydrogen-bond donors (Lipinski definition) is 1. The average molecular weight is 654 g/mol. The van der Waals surface area contributed by atoms with Crippen LogP contribution in [0.2, 0.25) is 5.02 Å². The number of aldehydes is 1. The molecule has 244 valence electrons. The summed E-state index contributed by atoms with van der Waals surface area (Å²) in [5.74, 6) is 1.57. The Balaban J connectivity index is 1.26. The van der Waals surface area contributed by atoms with Gasteiger partial charge in [0.2, 0.25) is 0 Å². The Bertz CT molecular complexity index is 1750. The van der Waals surface area contributed by atoms with Crippen LogP contribution in [0.5, 0.6) is 17.2 Å². The van der Waals surface area contributed by atoms with Gasteiger partial charge in [-0.2, -0.15) is 5.26 Å². The lowest BCUT2D eigenvalue weighted by Gasteiger charge is -2.27. The fourth-order valence-corrected chi connectivity index (χ4v) is 6.40. The molecule has 0 amide bonds. The SMILES string of the molecule is Cc1c(COc2cc(OCc3cncc(C#N)c3)c(C=O)cc2Cl)cccc1-c1cccc(OCCCN2C(C)CCC2CO)c1C. The van der Waals surface area contributed by atoms with E-state index in [0.717, 1.165) is 59.4 Å². The number of carbonyl (C=O) groups is 1. The molecule has 47 heavy (non-hydrogen) atoms. The summed E-state index contributed by atoms with van der Waals surface area (Å²) in [7, 11) is 0. The fraction of sp³-hybridized carbons (Fsp3) is 0.342. The van der Waals surface area contributed by atoms with Crippen molar-refractivity contribution in [3.63, 3.8) is 0 Å². The van der Waals surface area contributed by atoms with Gasteiger partial charge in [-0.05, 0) is 86.1 Å². The third-order valence-electron chi connectivity index (χ3n) is 8.89. The van der Waals surface area contributed by atoms with Crippen LogP contribution in [-0.2, 0) is 13.2 Å². The lowest BCUT2D eigenvalue weighted by atomic mass is 9.93. The molecule has 1 fully saturated rings. The minimum Gasteiger partial charge on any atom is -0.493 e. The highest BCUT2D eigenvalue weighted by atomic mass is 35.5. The van der Waals surface area contributed by atoms with Crippen molar-refractivity contribution in [3.8, 4) is 34.4 Å². The molecule has 5 rings (SSSR count). The monoisotopic (exact) mass is 653 g/mol. The van der Waals surface area contributed by atoms with Crippen LogP contribution >= 0.6 is 11.6 Å². The van der Waals surface area contributed by atoms with Crippen LogP contribution in [0.4, 0.5) is 0 Å². The first-order valence-corrected chi connectivity index (χ1v) is 16.3. The Morgan fingerprint density at radius 3 is 2.51 bits per heavy atom. The van der Waals surface area contributed by atoms with Gasteiger partial charge in [-0.15, -0.1) is 0 Å². The van der Waals surface area contributed by atoms with Crippen LogP contribution < -0.4 is 14.2 Å². The van der Waals surface area contributed by atoms with Crippen molar-refractivity contribution in [2.75, 3.05) is 19.8 Å². The number of rotatable bonds is 14. The highest BCUT2D eigenvalue weighted by Crippen LogP contribution is 2.36. The van der Waals surface area contributed by atoms with Gasteiger partial charge in [0, 0.05) is 42.7 Å². The summed E-state index contributed by atoms with van der Waals surface area (Å²) >= 11 is 6.51. The molecule has 0 saturated carbocycles. The fourth-order valence-electron chi connectivity index (χ4n) is 6.17. The number of ether oxygens (including phenoxy) is 3. The van der Waals surface area contributed by atoms with E-state index in [4.69, 9.17) is 31.1 Å². The maximum Gasteiger partial charge on any atom is 0.153 e. The van der Waals surface area contributed by atoms with Crippen molar-refractivity contribution in [2.45, 2.75) is 65.3 Å². The zero-order valence-electron chi connectivity index (χ0n) is 27.0. The standard InChI is InChI=1S/C38H40ClN3O5/c1-25-11-12-32(22-44)42(25)13-6-14-45-36-10-5-9-34(27(36)3)33-8-4-7-30(26(33)2)24-47-38-17-37(31(21-43)16-35(38)39)46-23-29-15-28(18-40)19-41-20-29/h4-5,7-10,15-17,19-21,25,32,44H,6,11-14,22-24H2,1-3H3. The van der Waals surface area contributed by atoms with E-state index in [-0.39, 0.29) is 25.9 Å². The molecule has 1 saturated heterocycles. The molecule has 2 atom stereocenters. The number of aromatic nitrogens is 1. The van der Waals surface area contributed by atoms with Gasteiger partial charge >= 0.3 is 0 Å².